The molecule has 1 N–H and O–H groups in total. The lowest BCUT2D eigenvalue weighted by atomic mass is 9.93. The summed E-state index contributed by atoms with van der Waals surface area (Å²) in [6, 6.07) is 5.36. The second kappa shape index (κ2) is 5.94. The van der Waals surface area contributed by atoms with Gasteiger partial charge in [-0.15, -0.1) is 0 Å². The lowest BCUT2D eigenvalue weighted by Crippen LogP contribution is -2.39. The highest BCUT2D eigenvalue weighted by atomic mass is 19.4. The van der Waals surface area contributed by atoms with E-state index in [4.69, 9.17) is 5.26 Å². The highest BCUT2D eigenvalue weighted by molar-refractivity contribution is 5.55. The molecule has 1 heterocycles. The van der Waals surface area contributed by atoms with Gasteiger partial charge in [0.2, 0.25) is 0 Å². The number of hydrogen-bond acceptors (Lipinski definition) is 3. The molecule has 6 heteroatoms. The van der Waals surface area contributed by atoms with Gasteiger partial charge in [-0.05, 0) is 38.0 Å². The van der Waals surface area contributed by atoms with Gasteiger partial charge in [0.1, 0.15) is 0 Å². The van der Waals surface area contributed by atoms with Gasteiger partial charge in [0.05, 0.1) is 23.3 Å². The van der Waals surface area contributed by atoms with Gasteiger partial charge in [-0.2, -0.15) is 18.4 Å². The van der Waals surface area contributed by atoms with E-state index in [-0.39, 0.29) is 11.5 Å². The predicted molar refractivity (Wildman–Crippen MR) is 72.8 cm³/mol. The summed E-state index contributed by atoms with van der Waals surface area (Å²) in [5.41, 5.74) is -0.816. The highest BCUT2D eigenvalue weighted by Gasteiger charge is 2.34. The summed E-state index contributed by atoms with van der Waals surface area (Å²) in [6.45, 7) is 2.89. The number of rotatable bonds is 2. The van der Waals surface area contributed by atoms with Crippen molar-refractivity contribution in [2.75, 3.05) is 18.0 Å². The summed E-state index contributed by atoms with van der Waals surface area (Å²) < 4.78 is 38.9. The third kappa shape index (κ3) is 3.48. The van der Waals surface area contributed by atoms with Crippen molar-refractivity contribution in [2.24, 2.45) is 5.92 Å². The van der Waals surface area contributed by atoms with Crippen molar-refractivity contribution in [1.82, 2.24) is 0 Å². The molecule has 2 rings (SSSR count). The number of halogens is 3. The zero-order chi connectivity index (χ0) is 15.6. The molecule has 1 aliphatic rings. The second-order valence-electron chi connectivity index (χ2n) is 5.43. The van der Waals surface area contributed by atoms with Crippen molar-refractivity contribution in [3.05, 3.63) is 29.3 Å². The van der Waals surface area contributed by atoms with Gasteiger partial charge in [0.25, 0.3) is 0 Å². The summed E-state index contributed by atoms with van der Waals surface area (Å²) in [6.07, 6.45) is -3.32. The molecule has 2 unspecified atom stereocenters. The van der Waals surface area contributed by atoms with Crippen molar-refractivity contribution in [2.45, 2.75) is 32.0 Å². The normalized spacial score (nSPS) is 21.0. The first kappa shape index (κ1) is 15.6. The third-order valence-corrected chi connectivity index (χ3v) is 3.93. The van der Waals surface area contributed by atoms with E-state index in [0.717, 1.165) is 18.9 Å². The minimum absolute atomic E-state index is 0.0590. The van der Waals surface area contributed by atoms with E-state index < -0.39 is 17.8 Å². The van der Waals surface area contributed by atoms with Crippen LogP contribution < -0.4 is 4.90 Å². The fourth-order valence-corrected chi connectivity index (χ4v) is 2.70. The summed E-state index contributed by atoms with van der Waals surface area (Å²) in [5, 5.41) is 18.5. The fraction of sp³-hybridized carbons (Fsp3) is 0.533. The zero-order valence-electron chi connectivity index (χ0n) is 11.7. The Morgan fingerprint density at radius 2 is 2.14 bits per heavy atom. The number of alkyl halides is 3. The van der Waals surface area contributed by atoms with Crippen LogP contribution in [-0.4, -0.2) is 24.3 Å². The number of benzene rings is 1. The number of aliphatic hydroxyl groups excluding tert-OH is 1. The Morgan fingerprint density at radius 1 is 1.43 bits per heavy atom. The SMILES string of the molecule is CC(O)C1CCCN(c2ccc(C#N)c(C(F)(F)F)c2)C1. The maximum atomic E-state index is 13.0. The standard InChI is InChI=1S/C15H17F3N2O/c1-10(21)12-3-2-6-20(9-12)13-5-4-11(8-19)14(7-13)15(16,17)18/h4-5,7,10,12,21H,2-3,6,9H2,1H3. The predicted octanol–water partition coefficient (Wildman–Crippen LogP) is 3.17. The largest absolute Gasteiger partial charge is 0.417 e. The van der Waals surface area contributed by atoms with E-state index in [1.165, 1.54) is 12.1 Å². The summed E-state index contributed by atoms with van der Waals surface area (Å²) in [5.74, 6) is 0.0590. The van der Waals surface area contributed by atoms with Gasteiger partial charge < -0.3 is 10.0 Å². The van der Waals surface area contributed by atoms with Crippen LogP contribution in [0.3, 0.4) is 0 Å². The van der Waals surface area contributed by atoms with Crippen LogP contribution in [0.25, 0.3) is 0 Å². The highest BCUT2D eigenvalue weighted by Crippen LogP contribution is 2.35. The van der Waals surface area contributed by atoms with Gasteiger partial charge in [0, 0.05) is 24.7 Å². The minimum atomic E-state index is -4.54. The maximum Gasteiger partial charge on any atom is 0.417 e. The molecule has 1 aliphatic heterocycles. The zero-order valence-corrected chi connectivity index (χ0v) is 11.7. The van der Waals surface area contributed by atoms with Crippen LogP contribution in [0.1, 0.15) is 30.9 Å². The van der Waals surface area contributed by atoms with Crippen molar-refractivity contribution in [1.29, 1.82) is 5.26 Å². The van der Waals surface area contributed by atoms with E-state index >= 15 is 0 Å². The average Bonchev–Trinajstić information content (AvgIpc) is 2.45. The minimum Gasteiger partial charge on any atom is -0.393 e. The number of aliphatic hydroxyl groups is 1. The number of nitrogens with zero attached hydrogens (tertiary/aromatic N) is 2. The first-order valence-electron chi connectivity index (χ1n) is 6.87. The molecule has 0 aliphatic carbocycles. The maximum absolute atomic E-state index is 13.0. The fourth-order valence-electron chi connectivity index (χ4n) is 2.70. The molecule has 2 atom stereocenters. The van der Waals surface area contributed by atoms with Crippen LogP contribution in [-0.2, 0) is 6.18 Å². The Kier molecular flexibility index (Phi) is 4.43. The third-order valence-electron chi connectivity index (χ3n) is 3.93. The Bertz CT molecular complexity index is 549. The van der Waals surface area contributed by atoms with Gasteiger partial charge in [-0.25, -0.2) is 0 Å². The number of anilines is 1. The molecule has 114 valence electrons. The van der Waals surface area contributed by atoms with Gasteiger partial charge in [-0.3, -0.25) is 0 Å². The van der Waals surface area contributed by atoms with E-state index in [9.17, 15) is 18.3 Å². The lowest BCUT2D eigenvalue weighted by molar-refractivity contribution is -0.137. The molecule has 0 radical (unpaired) electrons. The molecular formula is C15H17F3N2O. The Balaban J connectivity index is 2.31. The van der Waals surface area contributed by atoms with Crippen molar-refractivity contribution >= 4 is 5.69 Å². The van der Waals surface area contributed by atoms with E-state index in [1.807, 2.05) is 4.90 Å². The quantitative estimate of drug-likeness (QED) is 0.912. The molecule has 1 saturated heterocycles. The molecule has 0 spiro atoms. The molecule has 3 nitrogen and oxygen atoms in total. The molecule has 0 amide bonds. The van der Waals surface area contributed by atoms with Crippen molar-refractivity contribution in [3.63, 3.8) is 0 Å². The molecule has 1 aromatic rings. The van der Waals surface area contributed by atoms with Crippen LogP contribution in [0.4, 0.5) is 18.9 Å². The monoisotopic (exact) mass is 298 g/mol. The van der Waals surface area contributed by atoms with Crippen LogP contribution >= 0.6 is 0 Å². The molecule has 0 saturated carbocycles. The van der Waals surface area contributed by atoms with Crippen LogP contribution in [0.5, 0.6) is 0 Å². The summed E-state index contributed by atoms with van der Waals surface area (Å²) in [4.78, 5) is 1.84. The molecule has 1 fully saturated rings. The van der Waals surface area contributed by atoms with Crippen molar-refractivity contribution in [3.8, 4) is 6.07 Å². The van der Waals surface area contributed by atoms with Crippen molar-refractivity contribution < 1.29 is 18.3 Å². The van der Waals surface area contributed by atoms with E-state index in [1.54, 1.807) is 13.0 Å². The number of hydrogen-bond donors (Lipinski definition) is 1. The Morgan fingerprint density at radius 3 is 2.71 bits per heavy atom. The van der Waals surface area contributed by atoms with Crippen LogP contribution in [0.2, 0.25) is 0 Å². The molecule has 0 aromatic heterocycles. The Hall–Kier alpha value is -1.74. The smallest absolute Gasteiger partial charge is 0.393 e. The summed E-state index contributed by atoms with van der Waals surface area (Å²) >= 11 is 0. The number of piperidine rings is 1. The van der Waals surface area contributed by atoms with E-state index in [0.29, 0.717) is 18.8 Å². The Labute approximate surface area is 121 Å². The van der Waals surface area contributed by atoms with Gasteiger partial charge in [0.15, 0.2) is 0 Å². The van der Waals surface area contributed by atoms with Gasteiger partial charge in [-0.1, -0.05) is 0 Å². The number of nitriles is 1. The second-order valence-corrected chi connectivity index (χ2v) is 5.43. The van der Waals surface area contributed by atoms with Gasteiger partial charge >= 0.3 is 6.18 Å². The molecule has 21 heavy (non-hydrogen) atoms. The molecule has 1 aromatic carbocycles. The first-order chi connectivity index (χ1) is 9.82. The molecule has 0 bridgehead atoms. The average molecular weight is 298 g/mol. The topological polar surface area (TPSA) is 47.3 Å². The molecular weight excluding hydrogens is 281 g/mol. The van der Waals surface area contributed by atoms with Crippen LogP contribution in [0, 0.1) is 17.2 Å². The summed E-state index contributed by atoms with van der Waals surface area (Å²) in [7, 11) is 0. The first-order valence-corrected chi connectivity index (χ1v) is 6.87. The lowest BCUT2D eigenvalue weighted by Gasteiger charge is -2.36. The van der Waals surface area contributed by atoms with Crippen LogP contribution in [0.15, 0.2) is 18.2 Å². The van der Waals surface area contributed by atoms with E-state index in [2.05, 4.69) is 0 Å².